The van der Waals surface area contributed by atoms with E-state index >= 15 is 0 Å². The molecule has 0 saturated heterocycles. The first-order chi connectivity index (χ1) is 16.2. The van der Waals surface area contributed by atoms with E-state index in [0.717, 1.165) is 69.1 Å². The molecule has 0 N–H and O–H groups in total. The molecular weight excluding hydrogens is 444 g/mol. The van der Waals surface area contributed by atoms with E-state index in [1.165, 1.54) is 51.4 Å². The molecule has 0 aliphatic heterocycles. The van der Waals surface area contributed by atoms with Crippen molar-refractivity contribution in [1.29, 1.82) is 0 Å². The lowest BCUT2D eigenvalue weighted by Crippen LogP contribution is -2.41. The molecule has 0 heterocycles. The zero-order chi connectivity index (χ0) is 24.3. The van der Waals surface area contributed by atoms with Gasteiger partial charge in [0.1, 0.15) is 0 Å². The molecule has 4 nitrogen and oxygen atoms in total. The molecule has 0 spiro atoms. The summed E-state index contributed by atoms with van der Waals surface area (Å²) >= 11 is 0. The summed E-state index contributed by atoms with van der Waals surface area (Å²) in [5, 5.41) is -0.293. The average Bonchev–Trinajstić information content (AvgIpc) is 2.85. The Hall–Kier alpha value is -0.130. The van der Waals surface area contributed by atoms with Crippen molar-refractivity contribution in [2.24, 2.45) is 23.2 Å². The van der Waals surface area contributed by atoms with Crippen molar-refractivity contribution >= 4 is 9.84 Å². The van der Waals surface area contributed by atoms with Gasteiger partial charge in [0.25, 0.3) is 0 Å². The summed E-state index contributed by atoms with van der Waals surface area (Å²) in [4.78, 5) is 0. The van der Waals surface area contributed by atoms with E-state index < -0.39 is 9.84 Å². The molecule has 4 aliphatic rings. The van der Waals surface area contributed by atoms with Crippen LogP contribution in [0.25, 0.3) is 0 Å². The molecule has 0 aromatic heterocycles. The van der Waals surface area contributed by atoms with Gasteiger partial charge in [0.15, 0.2) is 9.84 Å². The smallest absolute Gasteiger partial charge is 0.156 e. The van der Waals surface area contributed by atoms with Gasteiger partial charge in [-0.2, -0.15) is 0 Å². The predicted octanol–water partition coefficient (Wildman–Crippen LogP) is 7.10. The standard InChI is InChI=1S/C29H52O4S/c1-21-5-7-22(8-6-21)29(2,3)23-9-11-25(12-10-23)33-26-15-19-28(20-16-26)34(30,31)27-17-13-24(32-4)14-18-27/h21-28H,5-20H2,1-4H3. The summed E-state index contributed by atoms with van der Waals surface area (Å²) in [6.07, 6.45) is 18.3. The van der Waals surface area contributed by atoms with Crippen LogP contribution >= 0.6 is 0 Å². The van der Waals surface area contributed by atoms with Crippen LogP contribution < -0.4 is 0 Å². The van der Waals surface area contributed by atoms with Gasteiger partial charge < -0.3 is 9.47 Å². The predicted molar refractivity (Wildman–Crippen MR) is 140 cm³/mol. The zero-order valence-corrected chi connectivity index (χ0v) is 23.3. The van der Waals surface area contributed by atoms with Crippen molar-refractivity contribution in [2.45, 2.75) is 152 Å². The normalized spacial score (nSPS) is 40.7. The van der Waals surface area contributed by atoms with Gasteiger partial charge in [-0.05, 0) is 113 Å². The maximum absolute atomic E-state index is 13.2. The van der Waals surface area contributed by atoms with Gasteiger partial charge in [-0.15, -0.1) is 0 Å². The Morgan fingerprint density at radius 2 is 0.971 bits per heavy atom. The molecule has 5 heteroatoms. The summed E-state index contributed by atoms with van der Waals surface area (Å²) < 4.78 is 38.5. The Labute approximate surface area is 210 Å². The van der Waals surface area contributed by atoms with Crippen LogP contribution in [-0.2, 0) is 19.3 Å². The van der Waals surface area contributed by atoms with Crippen LogP contribution in [0.3, 0.4) is 0 Å². The summed E-state index contributed by atoms with van der Waals surface area (Å²) in [6, 6.07) is 0. The first kappa shape index (κ1) is 26.9. The molecular formula is C29H52O4S. The van der Waals surface area contributed by atoms with Gasteiger partial charge in [0.05, 0.1) is 28.8 Å². The first-order valence-corrected chi connectivity index (χ1v) is 16.2. The molecule has 4 fully saturated rings. The molecule has 0 atom stereocenters. The van der Waals surface area contributed by atoms with E-state index in [0.29, 0.717) is 11.5 Å². The minimum Gasteiger partial charge on any atom is -0.381 e. The number of rotatable bonds is 7. The van der Waals surface area contributed by atoms with E-state index in [4.69, 9.17) is 9.47 Å². The molecule has 4 saturated carbocycles. The van der Waals surface area contributed by atoms with E-state index in [1.54, 1.807) is 7.11 Å². The summed E-state index contributed by atoms with van der Waals surface area (Å²) in [7, 11) is -1.28. The van der Waals surface area contributed by atoms with Crippen molar-refractivity contribution in [1.82, 2.24) is 0 Å². The molecule has 0 unspecified atom stereocenters. The van der Waals surface area contributed by atoms with Gasteiger partial charge >= 0.3 is 0 Å². The molecule has 4 aliphatic carbocycles. The minimum atomic E-state index is -3.02. The van der Waals surface area contributed by atoms with Crippen LogP contribution in [0.2, 0.25) is 0 Å². The number of hydrogen-bond donors (Lipinski definition) is 0. The van der Waals surface area contributed by atoms with Gasteiger partial charge in [0, 0.05) is 7.11 Å². The van der Waals surface area contributed by atoms with Gasteiger partial charge in [-0.25, -0.2) is 8.42 Å². The summed E-state index contributed by atoms with van der Waals surface area (Å²) in [6.45, 7) is 7.51. The second-order valence-corrected chi connectivity index (χ2v) is 15.5. The third kappa shape index (κ3) is 6.22. The minimum absolute atomic E-state index is 0.146. The lowest BCUT2D eigenvalue weighted by atomic mass is 9.60. The van der Waals surface area contributed by atoms with Gasteiger partial charge in [-0.3, -0.25) is 0 Å². The second-order valence-electron chi connectivity index (χ2n) is 13.0. The number of hydrogen-bond acceptors (Lipinski definition) is 4. The third-order valence-corrected chi connectivity index (χ3v) is 13.5. The second kappa shape index (κ2) is 11.5. The highest BCUT2D eigenvalue weighted by atomic mass is 32.2. The molecule has 0 amide bonds. The summed E-state index contributed by atoms with van der Waals surface area (Å²) in [5.41, 5.74) is 0.458. The van der Waals surface area contributed by atoms with Crippen molar-refractivity contribution in [2.75, 3.05) is 7.11 Å². The average molecular weight is 497 g/mol. The highest BCUT2D eigenvalue weighted by Crippen LogP contribution is 2.49. The van der Waals surface area contributed by atoms with Crippen molar-refractivity contribution < 1.29 is 17.9 Å². The fourth-order valence-corrected chi connectivity index (χ4v) is 10.3. The SMILES string of the molecule is COC1CCC(S(=O)(=O)C2CCC(OC3CCC(C(C)(C)C4CCC(C)CC4)CC3)CC2)CC1. The largest absolute Gasteiger partial charge is 0.381 e. The topological polar surface area (TPSA) is 52.6 Å². The molecule has 0 aromatic carbocycles. The van der Waals surface area contributed by atoms with Crippen LogP contribution in [0.15, 0.2) is 0 Å². The highest BCUT2D eigenvalue weighted by molar-refractivity contribution is 7.92. The fraction of sp³-hybridized carbons (Fsp3) is 1.00. The van der Waals surface area contributed by atoms with Crippen molar-refractivity contribution in [3.05, 3.63) is 0 Å². The summed E-state index contributed by atoms with van der Waals surface area (Å²) in [5.74, 6) is 2.65. The molecule has 0 radical (unpaired) electrons. The Kier molecular flexibility index (Phi) is 9.11. The van der Waals surface area contributed by atoms with E-state index in [-0.39, 0.29) is 22.7 Å². The molecule has 4 rings (SSSR count). The first-order valence-electron chi connectivity index (χ1n) is 14.6. The highest BCUT2D eigenvalue weighted by Gasteiger charge is 2.42. The van der Waals surface area contributed by atoms with Gasteiger partial charge in [-0.1, -0.05) is 33.6 Å². The maximum Gasteiger partial charge on any atom is 0.156 e. The maximum atomic E-state index is 13.2. The van der Waals surface area contributed by atoms with Crippen molar-refractivity contribution in [3.63, 3.8) is 0 Å². The van der Waals surface area contributed by atoms with Crippen molar-refractivity contribution in [3.8, 4) is 0 Å². The lowest BCUT2D eigenvalue weighted by Gasteiger charge is -2.47. The molecule has 198 valence electrons. The zero-order valence-electron chi connectivity index (χ0n) is 22.5. The number of methoxy groups -OCH3 is 1. The quantitative estimate of drug-likeness (QED) is 0.377. The van der Waals surface area contributed by atoms with Crippen LogP contribution in [0, 0.1) is 23.2 Å². The Morgan fingerprint density at radius 3 is 1.41 bits per heavy atom. The Balaban J connectivity index is 1.19. The van der Waals surface area contributed by atoms with Crippen LogP contribution in [0.5, 0.6) is 0 Å². The van der Waals surface area contributed by atoms with Gasteiger partial charge in [0.2, 0.25) is 0 Å². The lowest BCUT2D eigenvalue weighted by molar-refractivity contribution is -0.0649. The number of ether oxygens (including phenoxy) is 2. The molecule has 34 heavy (non-hydrogen) atoms. The van der Waals surface area contributed by atoms with E-state index in [9.17, 15) is 8.42 Å². The van der Waals surface area contributed by atoms with Crippen LogP contribution in [-0.4, -0.2) is 44.3 Å². The van der Waals surface area contributed by atoms with E-state index in [2.05, 4.69) is 20.8 Å². The van der Waals surface area contributed by atoms with Crippen LogP contribution in [0.4, 0.5) is 0 Å². The monoisotopic (exact) mass is 496 g/mol. The molecule has 0 aromatic rings. The Morgan fingerprint density at radius 1 is 0.588 bits per heavy atom. The molecule has 0 bridgehead atoms. The fourth-order valence-electron chi connectivity index (χ4n) is 7.92. The third-order valence-electron chi connectivity index (χ3n) is 10.7. The number of sulfone groups is 1. The van der Waals surface area contributed by atoms with E-state index in [1.807, 2.05) is 0 Å². The Bertz CT molecular complexity index is 715. The van der Waals surface area contributed by atoms with Crippen LogP contribution in [0.1, 0.15) is 124 Å².